The third-order valence-electron chi connectivity index (χ3n) is 1.04. The summed E-state index contributed by atoms with van der Waals surface area (Å²) in [7, 11) is 0. The molecule has 49 valence electrons. The summed E-state index contributed by atoms with van der Waals surface area (Å²) in [4.78, 5) is 3.85. The minimum absolute atomic E-state index is 0.0424. The van der Waals surface area contributed by atoms with Crippen LogP contribution in [0.15, 0.2) is 18.7 Å². The fourth-order valence-corrected chi connectivity index (χ4v) is 0.711. The smallest absolute Gasteiger partial charge is 0.0946 e. The molecule has 0 aliphatic rings. The molecule has 3 heteroatoms. The van der Waals surface area contributed by atoms with Crippen molar-refractivity contribution in [2.24, 2.45) is 0 Å². The first-order chi connectivity index (χ1) is 4.29. The van der Waals surface area contributed by atoms with E-state index in [0.29, 0.717) is 0 Å². The summed E-state index contributed by atoms with van der Waals surface area (Å²) in [5, 5.41) is 0. The topological polar surface area (TPSA) is 41.6 Å². The van der Waals surface area contributed by atoms with Gasteiger partial charge in [0.25, 0.3) is 0 Å². The van der Waals surface area contributed by atoms with Crippen LogP contribution in [-0.4, -0.2) is 15.6 Å². The molecule has 1 aromatic rings. The first-order valence-electron chi connectivity index (χ1n) is 2.96. The molecule has 1 heterocycles. The Kier molecular flexibility index (Phi) is 1.85. The minimum atomic E-state index is -0.0424. The van der Waals surface area contributed by atoms with Gasteiger partial charge in [-0.1, -0.05) is 0 Å². The molecule has 3 nitrogen and oxygen atoms in total. The van der Waals surface area contributed by atoms with Crippen molar-refractivity contribution < 1.29 is 0 Å². The van der Waals surface area contributed by atoms with Gasteiger partial charge >= 0.3 is 0 Å². The predicted octanol–water partition coefficient (Wildman–Crippen LogP) is 0.554. The van der Waals surface area contributed by atoms with Gasteiger partial charge in [-0.3, -0.25) is 5.73 Å². The average Bonchev–Trinajstić information content (AvgIpc) is 2.15. The second kappa shape index (κ2) is 2.64. The summed E-state index contributed by atoms with van der Waals surface area (Å²) in [6, 6.07) is -0.0424. The van der Waals surface area contributed by atoms with Gasteiger partial charge in [-0.25, -0.2) is 4.98 Å². The summed E-state index contributed by atoms with van der Waals surface area (Å²) in [5.41, 5.74) is 7.21. The molecular weight excluding hydrogens is 114 g/mol. The molecule has 0 aliphatic carbocycles. The van der Waals surface area contributed by atoms with Crippen LogP contribution in [0, 0.1) is 0 Å². The average molecular weight is 124 g/mol. The normalized spacial score (nSPS) is 13.6. The highest BCUT2D eigenvalue weighted by molar-refractivity contribution is 4.75. The van der Waals surface area contributed by atoms with E-state index in [1.165, 1.54) is 0 Å². The quantitative estimate of drug-likeness (QED) is 0.567. The lowest BCUT2D eigenvalue weighted by atomic mass is 10.4. The van der Waals surface area contributed by atoms with Gasteiger partial charge in [0.05, 0.1) is 6.33 Å². The van der Waals surface area contributed by atoms with Crippen LogP contribution >= 0.6 is 0 Å². The third kappa shape index (κ3) is 1.85. The molecule has 0 amide bonds. The second-order valence-corrected chi connectivity index (χ2v) is 2.16. The van der Waals surface area contributed by atoms with E-state index in [4.69, 9.17) is 5.73 Å². The Balaban J connectivity index is 2.48. The summed E-state index contributed by atoms with van der Waals surface area (Å²) in [6.07, 6.45) is 5.32. The van der Waals surface area contributed by atoms with E-state index in [2.05, 4.69) is 4.98 Å². The standard InChI is InChI=1S/C6H10N3/c1-6(7)4-9-3-2-8-5-9/h2-3,5-7H,4H2,1H3. The van der Waals surface area contributed by atoms with Crippen molar-refractivity contribution in [2.45, 2.75) is 19.5 Å². The molecule has 1 N–H and O–H groups in total. The molecule has 0 fully saturated rings. The van der Waals surface area contributed by atoms with Crippen molar-refractivity contribution >= 4 is 0 Å². The first kappa shape index (κ1) is 6.29. The zero-order valence-corrected chi connectivity index (χ0v) is 5.41. The SMILES string of the molecule is CC([NH])Cn1ccnc1. The molecule has 9 heavy (non-hydrogen) atoms. The van der Waals surface area contributed by atoms with E-state index in [9.17, 15) is 0 Å². The molecule has 0 saturated heterocycles. The fourth-order valence-electron chi connectivity index (χ4n) is 0.711. The largest absolute Gasteiger partial charge is 0.336 e. The van der Waals surface area contributed by atoms with E-state index < -0.39 is 0 Å². The van der Waals surface area contributed by atoms with Gasteiger partial charge in [-0.05, 0) is 6.92 Å². The van der Waals surface area contributed by atoms with E-state index in [-0.39, 0.29) is 6.04 Å². The summed E-state index contributed by atoms with van der Waals surface area (Å²) in [6.45, 7) is 2.60. The van der Waals surface area contributed by atoms with Gasteiger partial charge in [0.2, 0.25) is 0 Å². The van der Waals surface area contributed by atoms with Gasteiger partial charge in [0, 0.05) is 25.0 Å². The van der Waals surface area contributed by atoms with Crippen LogP contribution in [0.4, 0.5) is 0 Å². The summed E-state index contributed by atoms with van der Waals surface area (Å²) >= 11 is 0. The molecule has 0 spiro atoms. The number of hydrogen-bond acceptors (Lipinski definition) is 1. The zero-order valence-electron chi connectivity index (χ0n) is 5.41. The maximum Gasteiger partial charge on any atom is 0.0946 e. The van der Waals surface area contributed by atoms with Crippen LogP contribution in [-0.2, 0) is 6.54 Å². The Morgan fingerprint density at radius 2 is 2.56 bits per heavy atom. The Hall–Kier alpha value is -0.830. The van der Waals surface area contributed by atoms with Crippen LogP contribution in [0.3, 0.4) is 0 Å². The lowest BCUT2D eigenvalue weighted by Gasteiger charge is -2.02. The first-order valence-corrected chi connectivity index (χ1v) is 2.96. The van der Waals surface area contributed by atoms with E-state index in [1.54, 1.807) is 12.5 Å². The highest BCUT2D eigenvalue weighted by Crippen LogP contribution is 1.88. The molecule has 1 atom stereocenters. The van der Waals surface area contributed by atoms with Crippen LogP contribution in [0.25, 0.3) is 0 Å². The van der Waals surface area contributed by atoms with Gasteiger partial charge in [-0.2, -0.15) is 0 Å². The molecule has 0 aromatic carbocycles. The Morgan fingerprint density at radius 3 is 3.00 bits per heavy atom. The molecule has 1 rings (SSSR count). The molecule has 1 unspecified atom stereocenters. The van der Waals surface area contributed by atoms with Gasteiger partial charge < -0.3 is 4.57 Å². The van der Waals surface area contributed by atoms with Crippen molar-refractivity contribution in [1.82, 2.24) is 15.3 Å². The number of hydrogen-bond donors (Lipinski definition) is 0. The number of imidazole rings is 1. The lowest BCUT2D eigenvalue weighted by molar-refractivity contribution is 0.576. The number of nitrogens with one attached hydrogen (secondary N) is 1. The molecular formula is C6H10N3. The van der Waals surface area contributed by atoms with E-state index in [1.807, 2.05) is 17.7 Å². The van der Waals surface area contributed by atoms with Gasteiger partial charge in [0.15, 0.2) is 0 Å². The molecule has 0 aliphatic heterocycles. The molecule has 0 saturated carbocycles. The molecule has 1 radical (unpaired) electrons. The van der Waals surface area contributed by atoms with Crippen LogP contribution < -0.4 is 5.73 Å². The fraction of sp³-hybridized carbons (Fsp3) is 0.500. The monoisotopic (exact) mass is 124 g/mol. The Bertz CT molecular complexity index is 155. The van der Waals surface area contributed by atoms with Crippen LogP contribution in [0.2, 0.25) is 0 Å². The zero-order chi connectivity index (χ0) is 6.69. The van der Waals surface area contributed by atoms with Gasteiger partial charge in [0.1, 0.15) is 0 Å². The van der Waals surface area contributed by atoms with Gasteiger partial charge in [-0.15, -0.1) is 0 Å². The van der Waals surface area contributed by atoms with Crippen LogP contribution in [0.1, 0.15) is 6.92 Å². The maximum absolute atomic E-state index is 7.21. The highest BCUT2D eigenvalue weighted by atomic mass is 15.0. The minimum Gasteiger partial charge on any atom is -0.336 e. The maximum atomic E-state index is 7.21. The summed E-state index contributed by atoms with van der Waals surface area (Å²) in [5.74, 6) is 0. The van der Waals surface area contributed by atoms with Crippen molar-refractivity contribution in [2.75, 3.05) is 0 Å². The third-order valence-corrected chi connectivity index (χ3v) is 1.04. The predicted molar refractivity (Wildman–Crippen MR) is 34.8 cm³/mol. The van der Waals surface area contributed by atoms with E-state index in [0.717, 1.165) is 6.54 Å². The lowest BCUT2D eigenvalue weighted by Crippen LogP contribution is -2.11. The number of aromatic nitrogens is 2. The number of nitrogens with zero attached hydrogens (tertiary/aromatic N) is 2. The Morgan fingerprint density at radius 1 is 1.78 bits per heavy atom. The summed E-state index contributed by atoms with van der Waals surface area (Å²) < 4.78 is 1.90. The van der Waals surface area contributed by atoms with Crippen molar-refractivity contribution in [3.8, 4) is 0 Å². The van der Waals surface area contributed by atoms with Crippen molar-refractivity contribution in [3.63, 3.8) is 0 Å². The highest BCUT2D eigenvalue weighted by Gasteiger charge is 1.93. The molecule has 1 aromatic heterocycles. The van der Waals surface area contributed by atoms with Crippen molar-refractivity contribution in [1.29, 1.82) is 0 Å². The Labute approximate surface area is 54.5 Å². The van der Waals surface area contributed by atoms with Crippen molar-refractivity contribution in [3.05, 3.63) is 18.7 Å². The second-order valence-electron chi connectivity index (χ2n) is 2.16. The van der Waals surface area contributed by atoms with Crippen LogP contribution in [0.5, 0.6) is 0 Å². The van der Waals surface area contributed by atoms with E-state index >= 15 is 0 Å². The molecule has 0 bridgehead atoms. The number of rotatable bonds is 2.